The fourth-order valence-corrected chi connectivity index (χ4v) is 3.94. The van der Waals surface area contributed by atoms with E-state index in [1.807, 2.05) is 0 Å². The molecule has 1 fully saturated rings. The lowest BCUT2D eigenvalue weighted by molar-refractivity contribution is 0.0187. The van der Waals surface area contributed by atoms with Crippen molar-refractivity contribution in [1.82, 2.24) is 9.71 Å². The number of nitrogens with zero attached hydrogens (tertiary/aromatic N) is 1. The van der Waals surface area contributed by atoms with Gasteiger partial charge >= 0.3 is 0 Å². The molecule has 0 radical (unpaired) electrons. The van der Waals surface area contributed by atoms with Crippen LogP contribution in [0, 0.1) is 11.7 Å². The molecule has 1 aromatic carbocycles. The highest BCUT2D eigenvalue weighted by atomic mass is 35.5. The molecule has 27 heavy (non-hydrogen) atoms. The largest absolute Gasteiger partial charge is 0.493 e. The summed E-state index contributed by atoms with van der Waals surface area (Å²) >= 11 is 5.72. The summed E-state index contributed by atoms with van der Waals surface area (Å²) < 4.78 is 50.8. The van der Waals surface area contributed by atoms with Gasteiger partial charge in [-0.1, -0.05) is 11.6 Å². The lowest BCUT2D eigenvalue weighted by Crippen LogP contribution is -2.47. The molecule has 1 aromatic heterocycles. The van der Waals surface area contributed by atoms with Crippen molar-refractivity contribution in [2.45, 2.75) is 12.5 Å². The van der Waals surface area contributed by atoms with Gasteiger partial charge in [-0.3, -0.25) is 4.98 Å². The molecule has 0 spiro atoms. The van der Waals surface area contributed by atoms with Gasteiger partial charge in [-0.2, -0.15) is 0 Å². The molecule has 1 aliphatic rings. The molecule has 0 saturated carbocycles. The topological polar surface area (TPSA) is 77.5 Å². The summed E-state index contributed by atoms with van der Waals surface area (Å²) in [7, 11) is -3.30. The Labute approximate surface area is 162 Å². The molecule has 0 bridgehead atoms. The van der Waals surface area contributed by atoms with Crippen LogP contribution in [0.4, 0.5) is 4.39 Å². The first kappa shape index (κ1) is 20.0. The van der Waals surface area contributed by atoms with E-state index < -0.39 is 15.8 Å². The molecular formula is C18H20ClFN2O4S. The lowest BCUT2D eigenvalue weighted by atomic mass is 9.98. The first-order valence-electron chi connectivity index (χ1n) is 8.41. The molecule has 6 nitrogen and oxygen atoms in total. The molecule has 0 amide bonds. The SMILES string of the molecule is CS(=O)(=O)N[C@@H]1CCOC[C@H]1COc1ccc(-c2ncc(Cl)cc2F)cc1. The Morgan fingerprint density at radius 1 is 1.37 bits per heavy atom. The van der Waals surface area contributed by atoms with Crippen LogP contribution in [-0.2, 0) is 14.8 Å². The molecule has 9 heteroatoms. The maximum atomic E-state index is 14.0. The second-order valence-electron chi connectivity index (χ2n) is 6.44. The lowest BCUT2D eigenvalue weighted by Gasteiger charge is -2.31. The number of hydrogen-bond acceptors (Lipinski definition) is 5. The summed E-state index contributed by atoms with van der Waals surface area (Å²) in [6.07, 6.45) is 3.13. The van der Waals surface area contributed by atoms with Gasteiger partial charge in [0.05, 0.1) is 24.5 Å². The third-order valence-electron chi connectivity index (χ3n) is 4.24. The van der Waals surface area contributed by atoms with E-state index in [9.17, 15) is 12.8 Å². The van der Waals surface area contributed by atoms with Gasteiger partial charge in [0, 0.05) is 30.3 Å². The monoisotopic (exact) mass is 414 g/mol. The number of halogens is 2. The highest BCUT2D eigenvalue weighted by Gasteiger charge is 2.28. The van der Waals surface area contributed by atoms with Crippen LogP contribution in [0.3, 0.4) is 0 Å². The smallest absolute Gasteiger partial charge is 0.208 e. The number of pyridine rings is 1. The quantitative estimate of drug-likeness (QED) is 0.786. The van der Waals surface area contributed by atoms with Crippen LogP contribution in [0.2, 0.25) is 5.02 Å². The Bertz CT molecular complexity index is 893. The first-order valence-corrected chi connectivity index (χ1v) is 10.7. The molecule has 2 aromatic rings. The summed E-state index contributed by atoms with van der Waals surface area (Å²) in [6, 6.07) is 7.84. The van der Waals surface area contributed by atoms with Crippen molar-refractivity contribution >= 4 is 21.6 Å². The summed E-state index contributed by atoms with van der Waals surface area (Å²) in [5.74, 6) is 0.00513. The average Bonchev–Trinajstić information content (AvgIpc) is 2.60. The Hall–Kier alpha value is -1.74. The molecular weight excluding hydrogens is 395 g/mol. The van der Waals surface area contributed by atoms with Crippen LogP contribution < -0.4 is 9.46 Å². The van der Waals surface area contributed by atoms with E-state index in [2.05, 4.69) is 9.71 Å². The fraction of sp³-hybridized carbons (Fsp3) is 0.389. The Morgan fingerprint density at radius 2 is 2.11 bits per heavy atom. The average molecular weight is 415 g/mol. The number of benzene rings is 1. The second kappa shape index (κ2) is 8.52. The van der Waals surface area contributed by atoms with E-state index in [4.69, 9.17) is 21.1 Å². The summed E-state index contributed by atoms with van der Waals surface area (Å²) in [6.45, 7) is 1.24. The number of rotatable bonds is 6. The maximum Gasteiger partial charge on any atom is 0.208 e. The number of nitrogens with one attached hydrogen (secondary N) is 1. The standard InChI is InChI=1S/C18H20ClFN2O4S/c1-27(23,24)22-17-6-7-25-10-13(17)11-26-15-4-2-12(3-5-15)18-16(20)8-14(19)9-21-18/h2-5,8-9,13,17,22H,6-7,10-11H2,1H3/t13-,17+/m0/s1. The van der Waals surface area contributed by atoms with Crippen molar-refractivity contribution in [3.8, 4) is 17.0 Å². The van der Waals surface area contributed by atoms with Gasteiger partial charge in [0.2, 0.25) is 10.0 Å². The fourth-order valence-electron chi connectivity index (χ4n) is 2.93. The van der Waals surface area contributed by atoms with E-state index in [0.29, 0.717) is 37.6 Å². The van der Waals surface area contributed by atoms with Gasteiger partial charge < -0.3 is 9.47 Å². The minimum atomic E-state index is -3.30. The number of aromatic nitrogens is 1. The normalized spacial score (nSPS) is 20.4. The molecule has 3 rings (SSSR count). The van der Waals surface area contributed by atoms with Crippen LogP contribution >= 0.6 is 11.6 Å². The second-order valence-corrected chi connectivity index (χ2v) is 8.66. The van der Waals surface area contributed by atoms with Crippen LogP contribution in [0.15, 0.2) is 36.5 Å². The zero-order valence-corrected chi connectivity index (χ0v) is 16.3. The van der Waals surface area contributed by atoms with Crippen molar-refractivity contribution in [2.24, 2.45) is 5.92 Å². The predicted molar refractivity (Wildman–Crippen MR) is 101 cm³/mol. The molecule has 1 saturated heterocycles. The minimum Gasteiger partial charge on any atom is -0.493 e. The minimum absolute atomic E-state index is 0.0940. The summed E-state index contributed by atoms with van der Waals surface area (Å²) in [5, 5.41) is 0.239. The molecule has 2 heterocycles. The van der Waals surface area contributed by atoms with Crippen molar-refractivity contribution in [2.75, 3.05) is 26.1 Å². The zero-order valence-electron chi connectivity index (χ0n) is 14.7. The third kappa shape index (κ3) is 5.62. The Kier molecular flexibility index (Phi) is 6.31. The summed E-state index contributed by atoms with van der Waals surface area (Å²) in [4.78, 5) is 4.01. The number of sulfonamides is 1. The van der Waals surface area contributed by atoms with E-state index >= 15 is 0 Å². The van der Waals surface area contributed by atoms with E-state index in [1.54, 1.807) is 24.3 Å². The van der Waals surface area contributed by atoms with Crippen LogP contribution in [-0.4, -0.2) is 45.5 Å². The maximum absolute atomic E-state index is 14.0. The van der Waals surface area contributed by atoms with Gasteiger partial charge in [0.25, 0.3) is 0 Å². The third-order valence-corrected chi connectivity index (χ3v) is 5.18. The summed E-state index contributed by atoms with van der Waals surface area (Å²) in [5.41, 5.74) is 0.818. The van der Waals surface area contributed by atoms with Crippen LogP contribution in [0.5, 0.6) is 5.75 Å². The number of hydrogen-bond donors (Lipinski definition) is 1. The molecule has 146 valence electrons. The molecule has 0 aliphatic carbocycles. The van der Waals surface area contributed by atoms with Gasteiger partial charge in [0.1, 0.15) is 11.4 Å². The zero-order chi connectivity index (χ0) is 19.4. The highest BCUT2D eigenvalue weighted by molar-refractivity contribution is 7.88. The van der Waals surface area contributed by atoms with Crippen molar-refractivity contribution in [3.05, 3.63) is 47.4 Å². The first-order chi connectivity index (χ1) is 12.8. The Morgan fingerprint density at radius 3 is 2.78 bits per heavy atom. The van der Waals surface area contributed by atoms with Gasteiger partial charge in [-0.15, -0.1) is 0 Å². The van der Waals surface area contributed by atoms with E-state index in [0.717, 1.165) is 6.26 Å². The molecule has 1 N–H and O–H groups in total. The number of ether oxygens (including phenoxy) is 2. The predicted octanol–water partition coefficient (Wildman–Crippen LogP) is 2.87. The van der Waals surface area contributed by atoms with Gasteiger partial charge in [-0.05, 0) is 36.8 Å². The molecule has 1 aliphatic heterocycles. The van der Waals surface area contributed by atoms with Gasteiger partial charge in [0.15, 0.2) is 5.82 Å². The van der Waals surface area contributed by atoms with Crippen molar-refractivity contribution in [1.29, 1.82) is 0 Å². The van der Waals surface area contributed by atoms with E-state index in [1.165, 1.54) is 12.3 Å². The van der Waals surface area contributed by atoms with Crippen LogP contribution in [0.1, 0.15) is 6.42 Å². The molecule has 0 unspecified atom stereocenters. The highest BCUT2D eigenvalue weighted by Crippen LogP contribution is 2.25. The molecule has 2 atom stereocenters. The van der Waals surface area contributed by atoms with Crippen LogP contribution in [0.25, 0.3) is 11.3 Å². The van der Waals surface area contributed by atoms with E-state index in [-0.39, 0.29) is 22.7 Å². The van der Waals surface area contributed by atoms with Crippen molar-refractivity contribution in [3.63, 3.8) is 0 Å². The van der Waals surface area contributed by atoms with Gasteiger partial charge in [-0.25, -0.2) is 17.5 Å². The van der Waals surface area contributed by atoms with Crippen molar-refractivity contribution < 1.29 is 22.3 Å². The Balaban J connectivity index is 1.64.